The Labute approximate surface area is 73.2 Å². The van der Waals surface area contributed by atoms with Gasteiger partial charge in [-0.15, -0.1) is 0 Å². The Hall–Kier alpha value is -1.43. The average Bonchev–Trinajstić information content (AvgIpc) is 2.47. The van der Waals surface area contributed by atoms with E-state index < -0.39 is 0 Å². The van der Waals surface area contributed by atoms with Crippen molar-refractivity contribution in [3.05, 3.63) is 10.8 Å². The van der Waals surface area contributed by atoms with Crippen molar-refractivity contribution in [1.29, 1.82) is 0 Å². The molecule has 2 rings (SSSR count). The molecule has 62 valence electrons. The van der Waals surface area contributed by atoms with Crippen molar-refractivity contribution >= 4 is 29.2 Å². The fraction of sp³-hybridized carbons (Fsp3) is 0.167. The summed E-state index contributed by atoms with van der Waals surface area (Å²) in [6.45, 7) is 0. The molecule has 0 fully saturated rings. The smallest absolute Gasteiger partial charge is 0.224 e. The molecule has 6 heteroatoms. The van der Waals surface area contributed by atoms with Crippen LogP contribution in [0.25, 0.3) is 11.0 Å². The van der Waals surface area contributed by atoms with Crippen molar-refractivity contribution < 1.29 is 0 Å². The fourth-order valence-electron chi connectivity index (χ4n) is 0.947. The normalized spacial score (nSPS) is 10.4. The maximum Gasteiger partial charge on any atom is 0.224 e. The summed E-state index contributed by atoms with van der Waals surface area (Å²) in [6, 6.07) is 0. The van der Waals surface area contributed by atoms with E-state index in [4.69, 9.17) is 12.2 Å². The van der Waals surface area contributed by atoms with Gasteiger partial charge in [-0.1, -0.05) is 12.2 Å². The average molecular weight is 181 g/mol. The summed E-state index contributed by atoms with van der Waals surface area (Å²) in [5.41, 5.74) is 0.722. The molecule has 2 aromatic heterocycles. The Balaban J connectivity index is 2.77. The first-order valence-corrected chi connectivity index (χ1v) is 3.83. The van der Waals surface area contributed by atoms with Crippen molar-refractivity contribution in [2.24, 2.45) is 0 Å². The van der Waals surface area contributed by atoms with Crippen LogP contribution in [-0.4, -0.2) is 27.2 Å². The summed E-state index contributed by atoms with van der Waals surface area (Å²) in [5, 5.41) is 9.30. The largest absolute Gasteiger partial charge is 0.357 e. The summed E-state index contributed by atoms with van der Waals surface area (Å²) >= 11 is 4.98. The van der Waals surface area contributed by atoms with E-state index in [2.05, 4.69) is 25.5 Å². The summed E-state index contributed by atoms with van der Waals surface area (Å²) in [6.07, 6.45) is 1.68. The second-order valence-corrected chi connectivity index (χ2v) is 2.69. The van der Waals surface area contributed by atoms with E-state index in [1.54, 1.807) is 13.2 Å². The molecule has 5 nitrogen and oxygen atoms in total. The van der Waals surface area contributed by atoms with Gasteiger partial charge in [0.15, 0.2) is 5.65 Å². The van der Waals surface area contributed by atoms with Crippen LogP contribution in [0.1, 0.15) is 0 Å². The first-order valence-electron chi connectivity index (χ1n) is 3.42. The van der Waals surface area contributed by atoms with Crippen LogP contribution in [0.3, 0.4) is 0 Å². The third kappa shape index (κ3) is 0.964. The summed E-state index contributed by atoms with van der Waals surface area (Å²) in [4.78, 5) is 8.17. The predicted octanol–water partition coefficient (Wildman–Crippen LogP) is 1.06. The van der Waals surface area contributed by atoms with Gasteiger partial charge in [-0.2, -0.15) is 4.98 Å². The zero-order chi connectivity index (χ0) is 8.55. The molecule has 0 atom stereocenters. The van der Waals surface area contributed by atoms with Crippen molar-refractivity contribution in [3.63, 3.8) is 0 Å². The number of rotatable bonds is 1. The molecule has 12 heavy (non-hydrogen) atoms. The molecule has 0 bridgehead atoms. The number of hydrogen-bond donors (Lipinski definition) is 3. The molecule has 0 aromatic carbocycles. The minimum atomic E-state index is 0.577. The minimum Gasteiger partial charge on any atom is -0.357 e. The van der Waals surface area contributed by atoms with Crippen LogP contribution in [0.5, 0.6) is 0 Å². The maximum atomic E-state index is 4.98. The first kappa shape index (κ1) is 7.23. The molecule has 3 N–H and O–H groups in total. The highest BCUT2D eigenvalue weighted by Gasteiger charge is 2.00. The zero-order valence-corrected chi connectivity index (χ0v) is 7.20. The molecule has 0 saturated carbocycles. The highest BCUT2D eigenvalue weighted by Crippen LogP contribution is 2.09. The van der Waals surface area contributed by atoms with Gasteiger partial charge in [-0.3, -0.25) is 10.2 Å². The van der Waals surface area contributed by atoms with Crippen LogP contribution < -0.4 is 5.32 Å². The van der Waals surface area contributed by atoms with Crippen LogP contribution in [0, 0.1) is 4.64 Å². The fourth-order valence-corrected chi connectivity index (χ4v) is 1.15. The Kier molecular flexibility index (Phi) is 1.54. The molecule has 0 aliphatic rings. The Morgan fingerprint density at radius 2 is 2.33 bits per heavy atom. The lowest BCUT2D eigenvalue weighted by Crippen LogP contribution is -1.94. The van der Waals surface area contributed by atoms with Gasteiger partial charge in [0.25, 0.3) is 0 Å². The van der Waals surface area contributed by atoms with Crippen LogP contribution in [0.15, 0.2) is 6.20 Å². The summed E-state index contributed by atoms with van der Waals surface area (Å²) in [7, 11) is 1.77. The maximum absolute atomic E-state index is 4.98. The van der Waals surface area contributed by atoms with E-state index in [9.17, 15) is 0 Å². The molecule has 0 amide bonds. The molecular formula is C6H7N5S. The lowest BCUT2D eigenvalue weighted by atomic mass is 10.4. The zero-order valence-electron chi connectivity index (χ0n) is 6.38. The molecule has 0 radical (unpaired) electrons. The number of nitrogens with one attached hydrogen (secondary N) is 3. The second kappa shape index (κ2) is 2.56. The van der Waals surface area contributed by atoms with Crippen molar-refractivity contribution in [3.8, 4) is 0 Å². The summed E-state index contributed by atoms with van der Waals surface area (Å²) < 4.78 is 0.632. The van der Waals surface area contributed by atoms with Gasteiger partial charge in [0, 0.05) is 13.2 Å². The minimum absolute atomic E-state index is 0.577. The molecule has 0 spiro atoms. The molecule has 0 unspecified atom stereocenters. The van der Waals surface area contributed by atoms with E-state index in [0.717, 1.165) is 11.0 Å². The van der Waals surface area contributed by atoms with E-state index in [-0.39, 0.29) is 0 Å². The van der Waals surface area contributed by atoms with Gasteiger partial charge in [-0.05, 0) is 0 Å². The van der Waals surface area contributed by atoms with Crippen LogP contribution in [0.4, 0.5) is 5.95 Å². The number of H-pyrrole nitrogens is 2. The number of fused-ring (bicyclic) bond motifs is 1. The van der Waals surface area contributed by atoms with Gasteiger partial charge in [0.05, 0.1) is 5.39 Å². The van der Waals surface area contributed by atoms with Crippen molar-refractivity contribution in [1.82, 2.24) is 20.2 Å². The Bertz CT molecular complexity index is 456. The Morgan fingerprint density at radius 3 is 3.08 bits per heavy atom. The molecule has 2 heterocycles. The molecule has 0 saturated heterocycles. The lowest BCUT2D eigenvalue weighted by molar-refractivity contribution is 1.08. The number of aromatic amines is 2. The number of aromatic nitrogens is 4. The number of anilines is 1. The molecule has 0 aliphatic heterocycles. The predicted molar refractivity (Wildman–Crippen MR) is 48.6 cm³/mol. The molecule has 2 aromatic rings. The van der Waals surface area contributed by atoms with Gasteiger partial charge >= 0.3 is 0 Å². The van der Waals surface area contributed by atoms with Gasteiger partial charge in [0.1, 0.15) is 4.64 Å². The topological polar surface area (TPSA) is 69.4 Å². The monoisotopic (exact) mass is 181 g/mol. The molecular weight excluding hydrogens is 174 g/mol. The van der Waals surface area contributed by atoms with Crippen LogP contribution in [0.2, 0.25) is 0 Å². The SMILES string of the molecule is CNc1ncc2c(=S)[nH][nH]c2n1. The third-order valence-corrected chi connectivity index (χ3v) is 1.87. The van der Waals surface area contributed by atoms with Gasteiger partial charge < -0.3 is 5.32 Å². The highest BCUT2D eigenvalue weighted by atomic mass is 32.1. The van der Waals surface area contributed by atoms with Crippen molar-refractivity contribution in [2.45, 2.75) is 0 Å². The summed E-state index contributed by atoms with van der Waals surface area (Å²) in [5.74, 6) is 0.577. The quantitative estimate of drug-likeness (QED) is 0.575. The van der Waals surface area contributed by atoms with E-state index in [1.807, 2.05) is 0 Å². The number of nitrogens with zero attached hydrogens (tertiary/aromatic N) is 2. The highest BCUT2D eigenvalue weighted by molar-refractivity contribution is 7.71. The van der Waals surface area contributed by atoms with E-state index in [1.165, 1.54) is 0 Å². The second-order valence-electron chi connectivity index (χ2n) is 2.29. The standard InChI is InChI=1S/C6H7N5S/c1-7-6-8-2-3-4(9-6)10-11-5(3)12/h2H,1H3,(H3,7,8,9,10,11,12). The van der Waals surface area contributed by atoms with Crippen LogP contribution >= 0.6 is 12.2 Å². The lowest BCUT2D eigenvalue weighted by Gasteiger charge is -1.94. The van der Waals surface area contributed by atoms with Gasteiger partial charge in [-0.25, -0.2) is 4.98 Å². The number of hydrogen-bond acceptors (Lipinski definition) is 4. The van der Waals surface area contributed by atoms with E-state index in [0.29, 0.717) is 10.6 Å². The first-order chi connectivity index (χ1) is 5.81. The van der Waals surface area contributed by atoms with Crippen molar-refractivity contribution in [2.75, 3.05) is 12.4 Å². The van der Waals surface area contributed by atoms with Gasteiger partial charge in [0.2, 0.25) is 5.95 Å². The van der Waals surface area contributed by atoms with E-state index >= 15 is 0 Å². The third-order valence-electron chi connectivity index (χ3n) is 1.55. The Morgan fingerprint density at radius 1 is 1.50 bits per heavy atom. The molecule has 0 aliphatic carbocycles. The van der Waals surface area contributed by atoms with Crippen LogP contribution in [-0.2, 0) is 0 Å².